The van der Waals surface area contributed by atoms with Crippen molar-refractivity contribution >= 4 is 15.7 Å². The molecule has 5 nitrogen and oxygen atoms in total. The van der Waals surface area contributed by atoms with Gasteiger partial charge in [-0.05, 0) is 42.9 Å². The minimum Gasteiger partial charge on any atom is -0.497 e. The third-order valence-corrected chi connectivity index (χ3v) is 7.27. The fraction of sp³-hybridized carbons (Fsp3) is 0.632. The van der Waals surface area contributed by atoms with Crippen LogP contribution in [0.3, 0.4) is 0 Å². The van der Waals surface area contributed by atoms with Crippen molar-refractivity contribution in [1.29, 1.82) is 0 Å². The van der Waals surface area contributed by atoms with E-state index in [1.54, 1.807) is 7.11 Å². The highest BCUT2D eigenvalue weighted by Crippen LogP contribution is 2.21. The van der Waals surface area contributed by atoms with E-state index in [0.717, 1.165) is 11.3 Å². The second-order valence-electron chi connectivity index (χ2n) is 7.15. The summed E-state index contributed by atoms with van der Waals surface area (Å²) in [6.07, 6.45) is 2.26. The predicted molar refractivity (Wildman–Crippen MR) is 99.5 cm³/mol. The monoisotopic (exact) mass is 367 g/mol. The van der Waals surface area contributed by atoms with Gasteiger partial charge in [0.2, 0.25) is 5.91 Å². The van der Waals surface area contributed by atoms with E-state index in [1.165, 1.54) is 0 Å². The van der Waals surface area contributed by atoms with Crippen LogP contribution in [0.15, 0.2) is 24.3 Å². The topological polar surface area (TPSA) is 63.7 Å². The summed E-state index contributed by atoms with van der Waals surface area (Å²) >= 11 is 0. The predicted octanol–water partition coefficient (Wildman–Crippen LogP) is 2.69. The molecule has 0 atom stereocenters. The number of piperidine rings is 1. The van der Waals surface area contributed by atoms with Crippen LogP contribution in [0, 0.1) is 5.92 Å². The molecule has 1 aliphatic rings. The van der Waals surface area contributed by atoms with Crippen molar-refractivity contribution in [2.45, 2.75) is 44.8 Å². The van der Waals surface area contributed by atoms with Crippen LogP contribution in [0.5, 0.6) is 5.75 Å². The summed E-state index contributed by atoms with van der Waals surface area (Å²) in [5.74, 6) is 1.30. The molecule has 0 aliphatic carbocycles. The van der Waals surface area contributed by atoms with Gasteiger partial charge in [-0.3, -0.25) is 4.79 Å². The van der Waals surface area contributed by atoms with Crippen molar-refractivity contribution in [1.82, 2.24) is 4.90 Å². The van der Waals surface area contributed by atoms with Crippen LogP contribution < -0.4 is 4.74 Å². The van der Waals surface area contributed by atoms with Crippen LogP contribution in [-0.2, 0) is 21.1 Å². The van der Waals surface area contributed by atoms with Gasteiger partial charge in [-0.2, -0.15) is 0 Å². The van der Waals surface area contributed by atoms with Crippen LogP contribution in [0.25, 0.3) is 0 Å². The van der Waals surface area contributed by atoms with Crippen LogP contribution in [-0.4, -0.2) is 50.4 Å². The van der Waals surface area contributed by atoms with E-state index in [-0.39, 0.29) is 22.8 Å². The van der Waals surface area contributed by atoms with E-state index in [0.29, 0.717) is 38.8 Å². The zero-order valence-corrected chi connectivity index (χ0v) is 16.2. The Kier molecular flexibility index (Phi) is 6.87. The number of likely N-dealkylation sites (tertiary alicyclic amines) is 1. The Morgan fingerprint density at radius 3 is 2.32 bits per heavy atom. The summed E-state index contributed by atoms with van der Waals surface area (Å²) in [4.78, 5) is 14.2. The molecule has 0 saturated carbocycles. The Balaban J connectivity index is 1.80. The quantitative estimate of drug-likeness (QED) is 0.743. The number of ether oxygens (including phenoxy) is 1. The van der Waals surface area contributed by atoms with E-state index in [4.69, 9.17) is 4.74 Å². The molecule has 1 heterocycles. The zero-order chi connectivity index (χ0) is 18.4. The Morgan fingerprint density at radius 2 is 1.80 bits per heavy atom. The minimum absolute atomic E-state index is 0.107. The lowest BCUT2D eigenvalue weighted by Crippen LogP contribution is -2.43. The molecule has 0 unspecified atom stereocenters. The molecule has 0 N–H and O–H groups in total. The molecular weight excluding hydrogens is 338 g/mol. The third-order valence-electron chi connectivity index (χ3n) is 4.65. The molecule has 140 valence electrons. The number of hydrogen-bond donors (Lipinski definition) is 0. The highest BCUT2D eigenvalue weighted by atomic mass is 32.2. The lowest BCUT2D eigenvalue weighted by Gasteiger charge is -2.32. The summed E-state index contributed by atoms with van der Waals surface area (Å²) in [5, 5.41) is -0.291. The lowest BCUT2D eigenvalue weighted by atomic mass is 10.1. The van der Waals surface area contributed by atoms with E-state index in [9.17, 15) is 13.2 Å². The number of rotatable bonds is 7. The first-order valence-electron chi connectivity index (χ1n) is 8.94. The number of sulfone groups is 1. The second kappa shape index (κ2) is 8.70. The average molecular weight is 368 g/mol. The molecule has 0 bridgehead atoms. The van der Waals surface area contributed by atoms with Gasteiger partial charge in [0.15, 0.2) is 9.84 Å². The van der Waals surface area contributed by atoms with Gasteiger partial charge in [-0.1, -0.05) is 26.0 Å². The van der Waals surface area contributed by atoms with Crippen molar-refractivity contribution in [3.8, 4) is 5.75 Å². The molecule has 1 fully saturated rings. The van der Waals surface area contributed by atoms with Gasteiger partial charge in [0.05, 0.1) is 18.1 Å². The molecule has 0 radical (unpaired) electrons. The zero-order valence-electron chi connectivity index (χ0n) is 15.4. The van der Waals surface area contributed by atoms with Crippen molar-refractivity contribution < 1.29 is 17.9 Å². The van der Waals surface area contributed by atoms with Gasteiger partial charge in [0.25, 0.3) is 0 Å². The Morgan fingerprint density at radius 1 is 1.20 bits per heavy atom. The molecule has 0 spiro atoms. The molecule has 0 aromatic heterocycles. The number of benzene rings is 1. The summed E-state index contributed by atoms with van der Waals surface area (Å²) < 4.78 is 29.8. The molecular formula is C19H29NO4S. The minimum atomic E-state index is -3.04. The maximum atomic E-state index is 12.4. The summed E-state index contributed by atoms with van der Waals surface area (Å²) in [6, 6.07) is 7.73. The third kappa shape index (κ3) is 5.73. The fourth-order valence-corrected chi connectivity index (χ4v) is 5.40. The fourth-order valence-electron chi connectivity index (χ4n) is 3.27. The number of nitrogens with zero attached hydrogens (tertiary/aromatic N) is 1. The molecule has 6 heteroatoms. The maximum Gasteiger partial charge on any atom is 0.222 e. The van der Waals surface area contributed by atoms with Gasteiger partial charge in [0.1, 0.15) is 5.75 Å². The first kappa shape index (κ1) is 19.8. The highest BCUT2D eigenvalue weighted by Gasteiger charge is 2.31. The van der Waals surface area contributed by atoms with E-state index in [2.05, 4.69) is 0 Å². The number of amides is 1. The van der Waals surface area contributed by atoms with E-state index in [1.807, 2.05) is 43.0 Å². The lowest BCUT2D eigenvalue weighted by molar-refractivity contribution is -0.132. The Labute approximate surface area is 151 Å². The van der Waals surface area contributed by atoms with Crippen LogP contribution >= 0.6 is 0 Å². The standard InChI is InChI=1S/C19H29NO4S/c1-15(2)14-25(22,23)18-10-12-20(13-11-18)19(21)9-6-16-4-7-17(24-3)8-5-16/h4-5,7-8,15,18H,6,9-14H2,1-3H3. The van der Waals surface area contributed by atoms with Crippen LogP contribution in [0.4, 0.5) is 0 Å². The number of hydrogen-bond acceptors (Lipinski definition) is 4. The van der Waals surface area contributed by atoms with Gasteiger partial charge >= 0.3 is 0 Å². The summed E-state index contributed by atoms with van der Waals surface area (Å²) in [5.41, 5.74) is 1.10. The largest absolute Gasteiger partial charge is 0.497 e. The van der Waals surface area contributed by atoms with Gasteiger partial charge in [0, 0.05) is 19.5 Å². The highest BCUT2D eigenvalue weighted by molar-refractivity contribution is 7.92. The smallest absolute Gasteiger partial charge is 0.222 e. The molecule has 25 heavy (non-hydrogen) atoms. The maximum absolute atomic E-state index is 12.4. The number of carbonyl (C=O) groups is 1. The second-order valence-corrected chi connectivity index (χ2v) is 9.48. The van der Waals surface area contributed by atoms with Gasteiger partial charge in [-0.25, -0.2) is 8.42 Å². The van der Waals surface area contributed by atoms with Crippen LogP contribution in [0.2, 0.25) is 0 Å². The van der Waals surface area contributed by atoms with Gasteiger partial charge < -0.3 is 9.64 Å². The molecule has 1 amide bonds. The first-order chi connectivity index (χ1) is 11.8. The molecule has 1 aromatic carbocycles. The van der Waals surface area contributed by atoms with Crippen molar-refractivity contribution in [2.75, 3.05) is 26.0 Å². The van der Waals surface area contributed by atoms with Gasteiger partial charge in [-0.15, -0.1) is 0 Å². The molecule has 2 rings (SSSR count). The number of methoxy groups -OCH3 is 1. The van der Waals surface area contributed by atoms with Crippen molar-refractivity contribution in [3.63, 3.8) is 0 Å². The van der Waals surface area contributed by atoms with Crippen LogP contribution in [0.1, 0.15) is 38.7 Å². The average Bonchev–Trinajstić information content (AvgIpc) is 2.59. The van der Waals surface area contributed by atoms with Crippen molar-refractivity contribution in [2.24, 2.45) is 5.92 Å². The Hall–Kier alpha value is -1.56. The Bertz CT molecular complexity index is 659. The number of aryl methyl sites for hydroxylation is 1. The number of carbonyl (C=O) groups excluding carboxylic acids is 1. The first-order valence-corrected chi connectivity index (χ1v) is 10.7. The summed E-state index contributed by atoms with van der Waals surface area (Å²) in [6.45, 7) is 4.94. The van der Waals surface area contributed by atoms with E-state index < -0.39 is 9.84 Å². The van der Waals surface area contributed by atoms with E-state index >= 15 is 0 Å². The SMILES string of the molecule is COc1ccc(CCC(=O)N2CCC(S(=O)(=O)CC(C)C)CC2)cc1. The molecule has 1 aliphatic heterocycles. The van der Waals surface area contributed by atoms with Crippen molar-refractivity contribution in [3.05, 3.63) is 29.8 Å². The normalized spacial score (nSPS) is 16.2. The summed E-state index contributed by atoms with van der Waals surface area (Å²) in [7, 11) is -1.41. The molecule has 1 aromatic rings. The molecule has 1 saturated heterocycles.